The van der Waals surface area contributed by atoms with Gasteiger partial charge in [0.15, 0.2) is 5.96 Å². The van der Waals surface area contributed by atoms with Gasteiger partial charge in [0.1, 0.15) is 5.75 Å². The second-order valence-electron chi connectivity index (χ2n) is 5.62. The number of aromatic nitrogens is 1. The van der Waals surface area contributed by atoms with Crippen molar-refractivity contribution in [2.45, 2.75) is 19.9 Å². The van der Waals surface area contributed by atoms with Crippen molar-refractivity contribution < 1.29 is 5.11 Å². The van der Waals surface area contributed by atoms with Gasteiger partial charge in [0.05, 0.1) is 6.54 Å². The molecule has 0 saturated carbocycles. The van der Waals surface area contributed by atoms with Gasteiger partial charge >= 0.3 is 0 Å². The van der Waals surface area contributed by atoms with E-state index in [2.05, 4.69) is 52.1 Å². The minimum Gasteiger partial charge on any atom is -0.508 e. The van der Waals surface area contributed by atoms with E-state index in [-0.39, 0.29) is 24.0 Å². The summed E-state index contributed by atoms with van der Waals surface area (Å²) in [5, 5.41) is 12.8. The highest BCUT2D eigenvalue weighted by Crippen LogP contribution is 2.11. The lowest BCUT2D eigenvalue weighted by Crippen LogP contribution is -2.39. The number of benzene rings is 1. The van der Waals surface area contributed by atoms with Crippen molar-refractivity contribution in [2.24, 2.45) is 12.0 Å². The van der Waals surface area contributed by atoms with Crippen LogP contribution in [-0.4, -0.2) is 40.7 Å². The molecule has 24 heavy (non-hydrogen) atoms. The molecule has 6 heteroatoms. The maximum absolute atomic E-state index is 9.51. The summed E-state index contributed by atoms with van der Waals surface area (Å²) < 4.78 is 2.12. The van der Waals surface area contributed by atoms with E-state index in [0.717, 1.165) is 31.0 Å². The number of rotatable bonds is 6. The van der Waals surface area contributed by atoms with Gasteiger partial charge in [-0.25, -0.2) is 0 Å². The van der Waals surface area contributed by atoms with Crippen LogP contribution in [0.3, 0.4) is 0 Å². The molecule has 0 radical (unpaired) electrons. The number of aliphatic imine (C=N–C) groups is 1. The molecular formula is C18H27IN4O. The van der Waals surface area contributed by atoms with Gasteiger partial charge < -0.3 is 19.9 Å². The van der Waals surface area contributed by atoms with Crippen molar-refractivity contribution in [3.8, 4) is 5.75 Å². The highest BCUT2D eigenvalue weighted by molar-refractivity contribution is 14.0. The molecule has 0 fully saturated rings. The van der Waals surface area contributed by atoms with E-state index in [1.165, 1.54) is 5.69 Å². The first-order chi connectivity index (χ1) is 11.1. The Bertz CT molecular complexity index is 654. The van der Waals surface area contributed by atoms with Crippen LogP contribution in [0.15, 0.2) is 47.6 Å². The fourth-order valence-electron chi connectivity index (χ4n) is 2.45. The van der Waals surface area contributed by atoms with Gasteiger partial charge in [-0.2, -0.15) is 0 Å². The Morgan fingerprint density at radius 1 is 1.29 bits per heavy atom. The first kappa shape index (κ1) is 20.3. The van der Waals surface area contributed by atoms with Crippen LogP contribution in [0.25, 0.3) is 0 Å². The maximum atomic E-state index is 9.51. The molecule has 0 amide bonds. The van der Waals surface area contributed by atoms with Crippen LogP contribution < -0.4 is 5.32 Å². The summed E-state index contributed by atoms with van der Waals surface area (Å²) in [5.41, 5.74) is 2.33. The number of hydrogen-bond donors (Lipinski definition) is 2. The molecule has 2 aromatic rings. The number of nitrogens with one attached hydrogen (secondary N) is 1. The van der Waals surface area contributed by atoms with Gasteiger partial charge in [0.25, 0.3) is 0 Å². The van der Waals surface area contributed by atoms with Crippen LogP contribution in [0.4, 0.5) is 0 Å². The first-order valence-corrected chi connectivity index (χ1v) is 7.97. The van der Waals surface area contributed by atoms with Crippen molar-refractivity contribution >= 4 is 29.9 Å². The van der Waals surface area contributed by atoms with E-state index in [1.807, 2.05) is 19.2 Å². The van der Waals surface area contributed by atoms with Gasteiger partial charge in [-0.05, 0) is 43.2 Å². The number of phenols is 1. The molecule has 5 nitrogen and oxygen atoms in total. The van der Waals surface area contributed by atoms with Crippen LogP contribution in [0.1, 0.15) is 18.2 Å². The summed E-state index contributed by atoms with van der Waals surface area (Å²) in [7, 11) is 4.10. The molecule has 0 bridgehead atoms. The van der Waals surface area contributed by atoms with E-state index >= 15 is 0 Å². The average Bonchev–Trinajstić information content (AvgIpc) is 2.91. The Morgan fingerprint density at radius 2 is 2.08 bits per heavy atom. The molecule has 1 aromatic heterocycles. The topological polar surface area (TPSA) is 52.8 Å². The number of halogens is 1. The molecule has 2 rings (SSSR count). The van der Waals surface area contributed by atoms with Crippen LogP contribution in [0.2, 0.25) is 0 Å². The second-order valence-corrected chi connectivity index (χ2v) is 5.62. The number of guanidine groups is 1. The number of phenolic OH excluding ortho intramolecular Hbond substituents is 1. The Labute approximate surface area is 161 Å². The second kappa shape index (κ2) is 10.2. The number of hydrogen-bond acceptors (Lipinski definition) is 2. The summed E-state index contributed by atoms with van der Waals surface area (Å²) in [6.07, 6.45) is 2.86. The van der Waals surface area contributed by atoms with E-state index in [0.29, 0.717) is 12.3 Å². The summed E-state index contributed by atoms with van der Waals surface area (Å²) in [4.78, 5) is 6.82. The number of nitrogens with zero attached hydrogens (tertiary/aromatic N) is 3. The van der Waals surface area contributed by atoms with E-state index in [4.69, 9.17) is 0 Å². The minimum atomic E-state index is 0. The minimum absolute atomic E-state index is 0. The fourth-order valence-corrected chi connectivity index (χ4v) is 2.45. The predicted molar refractivity (Wildman–Crippen MR) is 110 cm³/mol. The molecule has 0 spiro atoms. The Hall–Kier alpha value is -1.70. The highest BCUT2D eigenvalue weighted by Gasteiger charge is 2.08. The summed E-state index contributed by atoms with van der Waals surface area (Å²) in [5.74, 6) is 1.20. The van der Waals surface area contributed by atoms with Crippen LogP contribution in [-0.2, 0) is 20.0 Å². The lowest BCUT2D eigenvalue weighted by molar-refractivity contribution is 0.462. The van der Waals surface area contributed by atoms with Crippen molar-refractivity contribution in [2.75, 3.05) is 20.1 Å². The molecule has 0 aliphatic carbocycles. The van der Waals surface area contributed by atoms with Gasteiger partial charge in [-0.15, -0.1) is 24.0 Å². The van der Waals surface area contributed by atoms with Crippen molar-refractivity contribution in [1.82, 2.24) is 14.8 Å². The molecule has 132 valence electrons. The standard InChI is InChI=1S/C18H26N4O.HI/c1-4-19-18(22(3)14-16-8-6-12-21(16)2)20-11-10-15-7-5-9-17(23)13-15;/h5-9,12-13,23H,4,10-11,14H2,1-3H3,(H,19,20);1H. The molecule has 0 atom stereocenters. The molecule has 2 N–H and O–H groups in total. The molecule has 0 unspecified atom stereocenters. The van der Waals surface area contributed by atoms with Crippen molar-refractivity contribution in [1.29, 1.82) is 0 Å². The number of aryl methyl sites for hydroxylation is 1. The van der Waals surface area contributed by atoms with Crippen molar-refractivity contribution in [3.63, 3.8) is 0 Å². The lowest BCUT2D eigenvalue weighted by atomic mass is 10.1. The van der Waals surface area contributed by atoms with Crippen LogP contribution in [0.5, 0.6) is 5.75 Å². The Kier molecular flexibility index (Phi) is 8.67. The smallest absolute Gasteiger partial charge is 0.194 e. The monoisotopic (exact) mass is 442 g/mol. The quantitative estimate of drug-likeness (QED) is 0.411. The third kappa shape index (κ3) is 6.07. The zero-order valence-corrected chi connectivity index (χ0v) is 16.9. The van der Waals surface area contributed by atoms with Crippen molar-refractivity contribution in [3.05, 3.63) is 53.9 Å². The molecule has 1 heterocycles. The third-order valence-electron chi connectivity index (χ3n) is 3.72. The predicted octanol–water partition coefficient (Wildman–Crippen LogP) is 2.99. The molecule has 0 aliphatic heterocycles. The summed E-state index contributed by atoms with van der Waals surface area (Å²) in [6, 6.07) is 11.5. The van der Waals surface area contributed by atoms with Crippen LogP contribution in [0, 0.1) is 0 Å². The third-order valence-corrected chi connectivity index (χ3v) is 3.72. The van der Waals surface area contributed by atoms with E-state index in [9.17, 15) is 5.11 Å². The van der Waals surface area contributed by atoms with E-state index < -0.39 is 0 Å². The van der Waals surface area contributed by atoms with Gasteiger partial charge in [0, 0.05) is 39.1 Å². The SMILES string of the molecule is CCNC(=NCCc1cccc(O)c1)N(C)Cc1cccn1C.I. The Balaban J connectivity index is 0.00000288. The zero-order chi connectivity index (χ0) is 16.7. The molecule has 0 saturated heterocycles. The summed E-state index contributed by atoms with van der Waals surface area (Å²) in [6.45, 7) is 4.40. The average molecular weight is 442 g/mol. The summed E-state index contributed by atoms with van der Waals surface area (Å²) >= 11 is 0. The lowest BCUT2D eigenvalue weighted by Gasteiger charge is -2.22. The maximum Gasteiger partial charge on any atom is 0.194 e. The van der Waals surface area contributed by atoms with Gasteiger partial charge in [-0.1, -0.05) is 12.1 Å². The van der Waals surface area contributed by atoms with Gasteiger partial charge in [-0.3, -0.25) is 4.99 Å². The highest BCUT2D eigenvalue weighted by atomic mass is 127. The number of aromatic hydroxyl groups is 1. The Morgan fingerprint density at radius 3 is 2.71 bits per heavy atom. The molecule has 0 aliphatic rings. The molecular weight excluding hydrogens is 415 g/mol. The van der Waals surface area contributed by atoms with E-state index in [1.54, 1.807) is 12.1 Å². The normalized spacial score (nSPS) is 11.0. The largest absolute Gasteiger partial charge is 0.508 e. The zero-order valence-electron chi connectivity index (χ0n) is 14.6. The fraction of sp³-hybridized carbons (Fsp3) is 0.389. The van der Waals surface area contributed by atoms with Crippen LogP contribution >= 0.6 is 24.0 Å². The first-order valence-electron chi connectivity index (χ1n) is 7.97. The molecule has 1 aromatic carbocycles. The van der Waals surface area contributed by atoms with Gasteiger partial charge in [0.2, 0.25) is 0 Å².